The Bertz CT molecular complexity index is 698. The van der Waals surface area contributed by atoms with Gasteiger partial charge in [-0.1, -0.05) is 0 Å². The summed E-state index contributed by atoms with van der Waals surface area (Å²) < 4.78 is 62.8. The van der Waals surface area contributed by atoms with E-state index in [0.29, 0.717) is 6.61 Å². The molecular weight excluding hydrogens is 362 g/mol. The Morgan fingerprint density at radius 2 is 1.88 bits per heavy atom. The van der Waals surface area contributed by atoms with Crippen LogP contribution in [0.3, 0.4) is 0 Å². The number of hydrogen-bond acceptors (Lipinski definition) is 5. The van der Waals surface area contributed by atoms with E-state index in [1.807, 2.05) is 16.8 Å². The van der Waals surface area contributed by atoms with Crippen LogP contribution in [0.15, 0.2) is 22.9 Å². The van der Waals surface area contributed by atoms with Gasteiger partial charge in [-0.2, -0.15) is 20.1 Å². The highest BCUT2D eigenvalue weighted by atomic mass is 32.1. The lowest BCUT2D eigenvalue weighted by Crippen LogP contribution is -2.35. The second-order valence-electron chi connectivity index (χ2n) is 5.13. The maximum atomic E-state index is 13.4. The molecule has 0 saturated carbocycles. The number of nitrogens with two attached hydrogens (primary N) is 1. The summed E-state index contributed by atoms with van der Waals surface area (Å²) in [7, 11) is 0. The molecule has 9 heteroatoms. The van der Waals surface area contributed by atoms with Crippen LogP contribution < -0.4 is 10.5 Å². The molecule has 0 spiro atoms. The average molecular weight is 377 g/mol. The van der Waals surface area contributed by atoms with E-state index in [-0.39, 0.29) is 19.1 Å². The van der Waals surface area contributed by atoms with E-state index >= 15 is 0 Å². The van der Waals surface area contributed by atoms with Crippen molar-refractivity contribution in [1.29, 1.82) is 0 Å². The lowest BCUT2D eigenvalue weighted by Gasteiger charge is -2.13. The predicted octanol–water partition coefficient (Wildman–Crippen LogP) is 3.19. The van der Waals surface area contributed by atoms with Crippen molar-refractivity contribution in [3.05, 3.63) is 51.7 Å². The molecule has 0 aliphatic carbocycles. The average Bonchev–Trinajstić information content (AvgIpc) is 3.10. The van der Waals surface area contributed by atoms with Gasteiger partial charge in [-0.25, -0.2) is 8.78 Å². The summed E-state index contributed by atoms with van der Waals surface area (Å²) >= 11 is 1.53. The fourth-order valence-corrected chi connectivity index (χ4v) is 2.52. The molecule has 2 aromatic rings. The smallest absolute Gasteiger partial charge is 0.203 e. The number of halogens is 4. The topological polar surface area (TPSA) is 61.5 Å². The van der Waals surface area contributed by atoms with Gasteiger partial charge in [-0.05, 0) is 28.8 Å². The molecule has 0 aliphatic rings. The van der Waals surface area contributed by atoms with Gasteiger partial charge in [0.05, 0.1) is 12.6 Å². The van der Waals surface area contributed by atoms with E-state index in [1.165, 1.54) is 11.3 Å². The van der Waals surface area contributed by atoms with Crippen molar-refractivity contribution < 1.29 is 31.8 Å². The van der Waals surface area contributed by atoms with E-state index in [9.17, 15) is 22.4 Å². The van der Waals surface area contributed by atoms with Gasteiger partial charge in [0.15, 0.2) is 23.2 Å². The maximum Gasteiger partial charge on any atom is 0.203 e. The Kier molecular flexibility index (Phi) is 6.91. The fraction of sp³-hybridized carbons (Fsp3) is 0.312. The summed E-state index contributed by atoms with van der Waals surface area (Å²) in [6.07, 6.45) is 0.162. The molecule has 136 valence electrons. The van der Waals surface area contributed by atoms with Crippen LogP contribution in [0.25, 0.3) is 0 Å². The number of ketones is 1. The van der Waals surface area contributed by atoms with E-state index in [1.54, 1.807) is 0 Å². The van der Waals surface area contributed by atoms with Gasteiger partial charge >= 0.3 is 0 Å². The number of carbonyl (C=O) groups excluding carboxylic acids is 1. The molecule has 0 unspecified atom stereocenters. The Morgan fingerprint density at radius 3 is 2.48 bits per heavy atom. The number of carbonyl (C=O) groups is 1. The molecule has 0 saturated heterocycles. The molecule has 1 heterocycles. The van der Waals surface area contributed by atoms with Gasteiger partial charge in [0.2, 0.25) is 11.6 Å². The van der Waals surface area contributed by atoms with Gasteiger partial charge in [0.25, 0.3) is 0 Å². The first-order valence-corrected chi connectivity index (χ1v) is 8.17. The maximum absolute atomic E-state index is 13.4. The zero-order valence-electron chi connectivity index (χ0n) is 12.9. The standard InChI is InChI=1S/C16H15F4NO3S/c17-10-5-11(18)15(20)16(14(10)19)24-7-13(22)12(21)1-3-23-6-9-2-4-25-8-9/h2,4-5,8,12H,1,3,6-7,21H2/t12-/m0/s1. The Morgan fingerprint density at radius 1 is 1.20 bits per heavy atom. The highest BCUT2D eigenvalue weighted by Gasteiger charge is 2.22. The summed E-state index contributed by atoms with van der Waals surface area (Å²) in [5.41, 5.74) is 6.63. The molecule has 0 fully saturated rings. The van der Waals surface area contributed by atoms with Gasteiger partial charge in [0.1, 0.15) is 6.61 Å². The van der Waals surface area contributed by atoms with Crippen LogP contribution in [0.5, 0.6) is 5.75 Å². The number of rotatable bonds is 9. The van der Waals surface area contributed by atoms with E-state index < -0.39 is 47.5 Å². The largest absolute Gasteiger partial charge is 0.479 e. The first-order chi connectivity index (χ1) is 11.9. The Balaban J connectivity index is 1.79. The van der Waals surface area contributed by atoms with Crippen molar-refractivity contribution in [2.24, 2.45) is 5.73 Å². The molecule has 2 rings (SSSR count). The molecule has 0 aliphatic heterocycles. The highest BCUT2D eigenvalue weighted by molar-refractivity contribution is 7.07. The van der Waals surface area contributed by atoms with Gasteiger partial charge in [0, 0.05) is 12.7 Å². The number of benzene rings is 1. The quantitative estimate of drug-likeness (QED) is 0.414. The van der Waals surface area contributed by atoms with Crippen molar-refractivity contribution in [3.63, 3.8) is 0 Å². The van der Waals surface area contributed by atoms with Crippen LogP contribution in [0, 0.1) is 23.3 Å². The van der Waals surface area contributed by atoms with Crippen LogP contribution >= 0.6 is 11.3 Å². The first-order valence-electron chi connectivity index (χ1n) is 7.23. The third kappa shape index (κ3) is 5.25. The van der Waals surface area contributed by atoms with Crippen LogP contribution in [0.4, 0.5) is 17.6 Å². The fourth-order valence-electron chi connectivity index (χ4n) is 1.86. The molecule has 2 N–H and O–H groups in total. The SMILES string of the molecule is N[C@@H](CCOCc1ccsc1)C(=O)COc1c(F)c(F)cc(F)c1F. The molecule has 4 nitrogen and oxygen atoms in total. The van der Waals surface area contributed by atoms with E-state index in [4.69, 9.17) is 10.5 Å². The normalized spacial score (nSPS) is 12.2. The van der Waals surface area contributed by atoms with Crippen molar-refractivity contribution in [3.8, 4) is 5.75 Å². The van der Waals surface area contributed by atoms with Crippen LogP contribution in [0.1, 0.15) is 12.0 Å². The summed E-state index contributed by atoms with van der Waals surface area (Å²) in [6.45, 7) is -0.248. The second kappa shape index (κ2) is 8.93. The van der Waals surface area contributed by atoms with Crippen molar-refractivity contribution in [2.75, 3.05) is 13.2 Å². The summed E-state index contributed by atoms with van der Waals surface area (Å²) in [5, 5.41) is 3.82. The Labute approximate surface area is 145 Å². The van der Waals surface area contributed by atoms with Gasteiger partial charge < -0.3 is 15.2 Å². The van der Waals surface area contributed by atoms with Crippen LogP contribution in [-0.2, 0) is 16.1 Å². The van der Waals surface area contributed by atoms with E-state index in [0.717, 1.165) is 5.56 Å². The second-order valence-corrected chi connectivity index (χ2v) is 5.91. The lowest BCUT2D eigenvalue weighted by molar-refractivity contribution is -0.122. The lowest BCUT2D eigenvalue weighted by atomic mass is 10.1. The zero-order valence-corrected chi connectivity index (χ0v) is 13.8. The third-order valence-electron chi connectivity index (χ3n) is 3.27. The number of ether oxygens (including phenoxy) is 2. The Hall–Kier alpha value is -1.97. The minimum Gasteiger partial charge on any atom is -0.479 e. The molecule has 0 amide bonds. The molecular formula is C16H15F4NO3S. The highest BCUT2D eigenvalue weighted by Crippen LogP contribution is 2.26. The van der Waals surface area contributed by atoms with Crippen molar-refractivity contribution >= 4 is 17.1 Å². The molecule has 25 heavy (non-hydrogen) atoms. The van der Waals surface area contributed by atoms with Crippen molar-refractivity contribution in [2.45, 2.75) is 19.1 Å². The predicted molar refractivity (Wildman–Crippen MR) is 83.3 cm³/mol. The van der Waals surface area contributed by atoms with E-state index in [2.05, 4.69) is 4.74 Å². The number of Topliss-reactive ketones (excluding diaryl/α,β-unsaturated/α-hetero) is 1. The third-order valence-corrected chi connectivity index (χ3v) is 4.00. The molecule has 0 bridgehead atoms. The molecule has 1 aromatic heterocycles. The summed E-state index contributed by atoms with van der Waals surface area (Å²) in [6, 6.07) is 0.952. The molecule has 1 aromatic carbocycles. The van der Waals surface area contributed by atoms with Crippen LogP contribution in [-0.4, -0.2) is 25.0 Å². The zero-order chi connectivity index (χ0) is 18.4. The summed E-state index contributed by atoms with van der Waals surface area (Å²) in [5.74, 6) is -8.62. The van der Waals surface area contributed by atoms with Crippen molar-refractivity contribution in [1.82, 2.24) is 0 Å². The molecule has 0 radical (unpaired) electrons. The molecule has 1 atom stereocenters. The minimum absolute atomic E-state index is 0.0515. The first kappa shape index (κ1) is 19.4. The minimum atomic E-state index is -1.71. The van der Waals surface area contributed by atoms with Gasteiger partial charge in [-0.15, -0.1) is 0 Å². The van der Waals surface area contributed by atoms with Gasteiger partial charge in [-0.3, -0.25) is 4.79 Å². The number of thiophene rings is 1. The van der Waals surface area contributed by atoms with Crippen LogP contribution in [0.2, 0.25) is 0 Å². The monoisotopic (exact) mass is 377 g/mol. The summed E-state index contributed by atoms with van der Waals surface area (Å²) in [4.78, 5) is 11.8. The number of hydrogen-bond donors (Lipinski definition) is 1.